The van der Waals surface area contributed by atoms with Crippen molar-refractivity contribution in [1.82, 2.24) is 4.98 Å². The fourth-order valence-electron chi connectivity index (χ4n) is 1.99. The van der Waals surface area contributed by atoms with Gasteiger partial charge in [0.25, 0.3) is 0 Å². The number of anilines is 3. The molecule has 4 heteroatoms. The standard InChI is InChI=1S/C15H12FN3/c16-11-2-1-3-13(8-11)19-15-14-9-12(17)5-4-10(14)6-7-18-15/h1-9H,17H2,(H,18,19). The van der Waals surface area contributed by atoms with Crippen molar-refractivity contribution in [3.8, 4) is 0 Å². The molecule has 1 aromatic heterocycles. The van der Waals surface area contributed by atoms with Crippen LogP contribution in [0.15, 0.2) is 54.7 Å². The fourth-order valence-corrected chi connectivity index (χ4v) is 1.99. The van der Waals surface area contributed by atoms with E-state index >= 15 is 0 Å². The molecule has 3 rings (SSSR count). The van der Waals surface area contributed by atoms with E-state index < -0.39 is 0 Å². The van der Waals surface area contributed by atoms with Crippen LogP contribution in [0.4, 0.5) is 21.6 Å². The van der Waals surface area contributed by atoms with Gasteiger partial charge in [-0.25, -0.2) is 9.37 Å². The Balaban J connectivity index is 2.07. The highest BCUT2D eigenvalue weighted by Gasteiger charge is 2.04. The highest BCUT2D eigenvalue weighted by atomic mass is 19.1. The van der Waals surface area contributed by atoms with Gasteiger partial charge in [0, 0.05) is 23.0 Å². The number of benzene rings is 2. The average Bonchev–Trinajstić information content (AvgIpc) is 2.39. The Labute approximate surface area is 109 Å². The summed E-state index contributed by atoms with van der Waals surface area (Å²) >= 11 is 0. The molecule has 0 aliphatic rings. The van der Waals surface area contributed by atoms with Gasteiger partial charge < -0.3 is 11.1 Å². The van der Waals surface area contributed by atoms with Crippen LogP contribution >= 0.6 is 0 Å². The Hall–Kier alpha value is -2.62. The first-order valence-electron chi connectivity index (χ1n) is 5.89. The summed E-state index contributed by atoms with van der Waals surface area (Å²) in [5.74, 6) is 0.375. The number of fused-ring (bicyclic) bond motifs is 1. The number of pyridine rings is 1. The van der Waals surface area contributed by atoms with E-state index in [1.165, 1.54) is 12.1 Å². The topological polar surface area (TPSA) is 50.9 Å². The van der Waals surface area contributed by atoms with Gasteiger partial charge in [-0.2, -0.15) is 0 Å². The van der Waals surface area contributed by atoms with E-state index in [0.29, 0.717) is 17.2 Å². The third kappa shape index (κ3) is 2.33. The SMILES string of the molecule is Nc1ccc2ccnc(Nc3cccc(F)c3)c2c1. The molecule has 3 nitrogen and oxygen atoms in total. The molecule has 0 unspecified atom stereocenters. The third-order valence-corrected chi connectivity index (χ3v) is 2.88. The van der Waals surface area contributed by atoms with Crippen LogP contribution in [0, 0.1) is 5.82 Å². The van der Waals surface area contributed by atoms with E-state index in [1.807, 2.05) is 24.3 Å². The monoisotopic (exact) mass is 253 g/mol. The lowest BCUT2D eigenvalue weighted by Gasteiger charge is -2.09. The molecule has 0 aliphatic carbocycles. The molecule has 94 valence electrons. The molecule has 2 aromatic carbocycles. The molecule has 0 aliphatic heterocycles. The van der Waals surface area contributed by atoms with E-state index in [4.69, 9.17) is 5.73 Å². The van der Waals surface area contributed by atoms with Crippen molar-refractivity contribution < 1.29 is 4.39 Å². The van der Waals surface area contributed by atoms with Gasteiger partial charge in [-0.05, 0) is 41.8 Å². The van der Waals surface area contributed by atoms with Crippen molar-refractivity contribution in [3.05, 3.63) is 60.5 Å². The van der Waals surface area contributed by atoms with Gasteiger partial charge in [-0.15, -0.1) is 0 Å². The van der Waals surface area contributed by atoms with E-state index in [1.54, 1.807) is 18.3 Å². The molecule has 0 bridgehead atoms. The smallest absolute Gasteiger partial charge is 0.138 e. The second-order valence-electron chi connectivity index (χ2n) is 4.28. The second kappa shape index (κ2) is 4.57. The van der Waals surface area contributed by atoms with Crippen LogP contribution in [0.2, 0.25) is 0 Å². The Kier molecular flexibility index (Phi) is 2.76. The van der Waals surface area contributed by atoms with Crippen molar-refractivity contribution >= 4 is 28.0 Å². The quantitative estimate of drug-likeness (QED) is 0.685. The normalized spacial score (nSPS) is 10.6. The molecule has 0 atom stereocenters. The highest BCUT2D eigenvalue weighted by molar-refractivity contribution is 5.95. The van der Waals surface area contributed by atoms with Crippen LogP contribution in [0.1, 0.15) is 0 Å². The maximum Gasteiger partial charge on any atom is 0.138 e. The molecule has 0 fully saturated rings. The van der Waals surface area contributed by atoms with Gasteiger partial charge >= 0.3 is 0 Å². The van der Waals surface area contributed by atoms with Crippen molar-refractivity contribution in [1.29, 1.82) is 0 Å². The Morgan fingerprint density at radius 3 is 2.79 bits per heavy atom. The minimum absolute atomic E-state index is 0.287. The van der Waals surface area contributed by atoms with Gasteiger partial charge in [0.1, 0.15) is 11.6 Å². The Bertz CT molecular complexity index is 740. The van der Waals surface area contributed by atoms with E-state index in [2.05, 4.69) is 10.3 Å². The fraction of sp³-hybridized carbons (Fsp3) is 0. The lowest BCUT2D eigenvalue weighted by Crippen LogP contribution is -1.95. The summed E-state index contributed by atoms with van der Waals surface area (Å²) in [7, 11) is 0. The number of nitrogens with one attached hydrogen (secondary N) is 1. The first-order valence-corrected chi connectivity index (χ1v) is 5.89. The predicted octanol–water partition coefficient (Wildman–Crippen LogP) is 3.70. The first kappa shape index (κ1) is 11.5. The zero-order chi connectivity index (χ0) is 13.2. The second-order valence-corrected chi connectivity index (χ2v) is 4.28. The minimum atomic E-state index is -0.287. The maximum atomic E-state index is 13.2. The molecule has 0 radical (unpaired) electrons. The van der Waals surface area contributed by atoms with E-state index in [-0.39, 0.29) is 5.82 Å². The number of hydrogen-bond donors (Lipinski definition) is 2. The predicted molar refractivity (Wildman–Crippen MR) is 75.8 cm³/mol. The summed E-state index contributed by atoms with van der Waals surface area (Å²) in [4.78, 5) is 4.28. The molecule has 0 amide bonds. The molecule has 19 heavy (non-hydrogen) atoms. The number of halogens is 1. The minimum Gasteiger partial charge on any atom is -0.399 e. The van der Waals surface area contributed by atoms with Crippen molar-refractivity contribution in [3.63, 3.8) is 0 Å². The zero-order valence-corrected chi connectivity index (χ0v) is 10.1. The number of nitrogen functional groups attached to an aromatic ring is 1. The summed E-state index contributed by atoms with van der Waals surface area (Å²) < 4.78 is 13.2. The molecular formula is C15H12FN3. The van der Waals surface area contributed by atoms with E-state index in [9.17, 15) is 4.39 Å². The van der Waals surface area contributed by atoms with Crippen LogP contribution in [0.3, 0.4) is 0 Å². The molecule has 3 aromatic rings. The molecule has 0 spiro atoms. The number of aromatic nitrogens is 1. The van der Waals surface area contributed by atoms with Gasteiger partial charge in [0.05, 0.1) is 0 Å². The van der Waals surface area contributed by atoms with Gasteiger partial charge in [0.2, 0.25) is 0 Å². The van der Waals surface area contributed by atoms with Crippen LogP contribution in [-0.4, -0.2) is 4.98 Å². The third-order valence-electron chi connectivity index (χ3n) is 2.88. The molecule has 0 saturated carbocycles. The van der Waals surface area contributed by atoms with Gasteiger partial charge in [-0.3, -0.25) is 0 Å². The van der Waals surface area contributed by atoms with Crippen LogP contribution in [0.25, 0.3) is 10.8 Å². The Morgan fingerprint density at radius 2 is 1.95 bits per heavy atom. The Morgan fingerprint density at radius 1 is 1.05 bits per heavy atom. The summed E-state index contributed by atoms with van der Waals surface area (Å²) in [5, 5.41) is 5.05. The molecule has 3 N–H and O–H groups in total. The van der Waals surface area contributed by atoms with Crippen LogP contribution in [0.5, 0.6) is 0 Å². The molecule has 0 saturated heterocycles. The lowest BCUT2D eigenvalue weighted by molar-refractivity contribution is 0.628. The summed E-state index contributed by atoms with van der Waals surface area (Å²) in [6.45, 7) is 0. The summed E-state index contributed by atoms with van der Waals surface area (Å²) in [5.41, 5.74) is 7.12. The maximum absolute atomic E-state index is 13.2. The number of rotatable bonds is 2. The van der Waals surface area contributed by atoms with Crippen molar-refractivity contribution in [2.75, 3.05) is 11.1 Å². The first-order chi connectivity index (χ1) is 9.22. The van der Waals surface area contributed by atoms with Gasteiger partial charge in [0.15, 0.2) is 0 Å². The van der Waals surface area contributed by atoms with Crippen molar-refractivity contribution in [2.24, 2.45) is 0 Å². The van der Waals surface area contributed by atoms with Gasteiger partial charge in [-0.1, -0.05) is 12.1 Å². The number of nitrogens with zero attached hydrogens (tertiary/aromatic N) is 1. The number of hydrogen-bond acceptors (Lipinski definition) is 3. The lowest BCUT2D eigenvalue weighted by atomic mass is 10.1. The molecular weight excluding hydrogens is 241 g/mol. The highest BCUT2D eigenvalue weighted by Crippen LogP contribution is 2.26. The zero-order valence-electron chi connectivity index (χ0n) is 10.1. The number of nitrogens with two attached hydrogens (primary N) is 1. The van der Waals surface area contributed by atoms with E-state index in [0.717, 1.165) is 10.8 Å². The molecule has 1 heterocycles. The summed E-state index contributed by atoms with van der Waals surface area (Å²) in [6.07, 6.45) is 1.71. The largest absolute Gasteiger partial charge is 0.399 e. The van der Waals surface area contributed by atoms with Crippen molar-refractivity contribution in [2.45, 2.75) is 0 Å². The average molecular weight is 253 g/mol. The van der Waals surface area contributed by atoms with Crippen LogP contribution < -0.4 is 11.1 Å². The van der Waals surface area contributed by atoms with Crippen LogP contribution in [-0.2, 0) is 0 Å². The summed E-state index contributed by atoms with van der Waals surface area (Å²) in [6, 6.07) is 13.8.